The van der Waals surface area contributed by atoms with Gasteiger partial charge in [0.15, 0.2) is 0 Å². The van der Waals surface area contributed by atoms with E-state index in [9.17, 15) is 4.79 Å². The molecule has 0 unspecified atom stereocenters. The first-order valence-electron chi connectivity index (χ1n) is 7.39. The van der Waals surface area contributed by atoms with Gasteiger partial charge in [0.05, 0.1) is 0 Å². The third-order valence-electron chi connectivity index (χ3n) is 3.74. The Kier molecular flexibility index (Phi) is 4.30. The van der Waals surface area contributed by atoms with Crippen molar-refractivity contribution in [2.45, 2.75) is 19.1 Å². The average molecular weight is 310 g/mol. The first-order chi connectivity index (χ1) is 11.1. The SMILES string of the molecule is N[C@H](Cc1c[nH]c2cccc(OCc3ccccc3)c12)C(=O)O. The largest absolute Gasteiger partial charge is 0.488 e. The van der Waals surface area contributed by atoms with Crippen molar-refractivity contribution in [3.8, 4) is 5.75 Å². The fourth-order valence-corrected chi connectivity index (χ4v) is 2.56. The van der Waals surface area contributed by atoms with Crippen molar-refractivity contribution in [1.82, 2.24) is 4.98 Å². The molecule has 23 heavy (non-hydrogen) atoms. The molecule has 0 radical (unpaired) electrons. The molecule has 0 aliphatic heterocycles. The second-order valence-electron chi connectivity index (χ2n) is 5.42. The Morgan fingerprint density at radius 1 is 1.17 bits per heavy atom. The van der Waals surface area contributed by atoms with E-state index in [0.717, 1.165) is 27.8 Å². The molecule has 5 nitrogen and oxygen atoms in total. The highest BCUT2D eigenvalue weighted by atomic mass is 16.5. The van der Waals surface area contributed by atoms with Crippen molar-refractivity contribution in [1.29, 1.82) is 0 Å². The maximum Gasteiger partial charge on any atom is 0.320 e. The Bertz CT molecular complexity index is 812. The van der Waals surface area contributed by atoms with E-state index >= 15 is 0 Å². The summed E-state index contributed by atoms with van der Waals surface area (Å²) in [4.78, 5) is 14.1. The fourth-order valence-electron chi connectivity index (χ4n) is 2.56. The van der Waals surface area contributed by atoms with Crippen LogP contribution in [0.2, 0.25) is 0 Å². The number of carbonyl (C=O) groups is 1. The molecule has 2 aromatic carbocycles. The Balaban J connectivity index is 1.87. The van der Waals surface area contributed by atoms with Gasteiger partial charge in [0, 0.05) is 23.5 Å². The van der Waals surface area contributed by atoms with Gasteiger partial charge in [-0.3, -0.25) is 4.79 Å². The number of aromatic nitrogens is 1. The number of aromatic amines is 1. The van der Waals surface area contributed by atoms with Gasteiger partial charge in [-0.15, -0.1) is 0 Å². The standard InChI is InChI=1S/C18H18N2O3/c19-14(18(21)22)9-13-10-20-15-7-4-8-16(17(13)15)23-11-12-5-2-1-3-6-12/h1-8,10,14,20H,9,11,19H2,(H,21,22)/t14-/m1/s1. The quantitative estimate of drug-likeness (QED) is 0.653. The molecule has 0 fully saturated rings. The van der Waals surface area contributed by atoms with E-state index in [1.54, 1.807) is 6.20 Å². The highest BCUT2D eigenvalue weighted by molar-refractivity contribution is 5.90. The average Bonchev–Trinajstić information content (AvgIpc) is 2.97. The van der Waals surface area contributed by atoms with Gasteiger partial charge in [0.1, 0.15) is 18.4 Å². The molecule has 118 valence electrons. The Hall–Kier alpha value is -2.79. The monoisotopic (exact) mass is 310 g/mol. The zero-order chi connectivity index (χ0) is 16.2. The lowest BCUT2D eigenvalue weighted by Crippen LogP contribution is -2.32. The molecular formula is C18H18N2O3. The van der Waals surface area contributed by atoms with Crippen LogP contribution in [-0.2, 0) is 17.8 Å². The Labute approximate surface area is 133 Å². The summed E-state index contributed by atoms with van der Waals surface area (Å²) in [5, 5.41) is 9.90. The van der Waals surface area contributed by atoms with Gasteiger partial charge < -0.3 is 20.6 Å². The number of fused-ring (bicyclic) bond motifs is 1. The van der Waals surface area contributed by atoms with E-state index < -0.39 is 12.0 Å². The number of ether oxygens (including phenoxy) is 1. The number of aliphatic carboxylic acids is 1. The maximum atomic E-state index is 11.0. The third kappa shape index (κ3) is 3.35. The van der Waals surface area contributed by atoms with E-state index in [-0.39, 0.29) is 6.42 Å². The summed E-state index contributed by atoms with van der Waals surface area (Å²) < 4.78 is 5.94. The van der Waals surface area contributed by atoms with Crippen LogP contribution in [0.15, 0.2) is 54.7 Å². The van der Waals surface area contributed by atoms with Crippen LogP contribution < -0.4 is 10.5 Å². The first kappa shape index (κ1) is 15.1. The van der Waals surface area contributed by atoms with Gasteiger partial charge in [-0.2, -0.15) is 0 Å². The van der Waals surface area contributed by atoms with Crippen molar-refractivity contribution in [3.63, 3.8) is 0 Å². The fraction of sp³-hybridized carbons (Fsp3) is 0.167. The summed E-state index contributed by atoms with van der Waals surface area (Å²) >= 11 is 0. The van der Waals surface area contributed by atoms with Crippen LogP contribution in [0, 0.1) is 0 Å². The molecule has 1 heterocycles. The lowest BCUT2D eigenvalue weighted by atomic mass is 10.0. The molecule has 0 spiro atoms. The number of H-pyrrole nitrogens is 1. The molecule has 3 aromatic rings. The highest BCUT2D eigenvalue weighted by Gasteiger charge is 2.17. The van der Waals surface area contributed by atoms with Crippen LogP contribution in [0.5, 0.6) is 5.75 Å². The van der Waals surface area contributed by atoms with E-state index in [1.165, 1.54) is 0 Å². The van der Waals surface area contributed by atoms with Gasteiger partial charge in [-0.1, -0.05) is 36.4 Å². The number of nitrogens with one attached hydrogen (secondary N) is 1. The Morgan fingerprint density at radius 3 is 2.70 bits per heavy atom. The third-order valence-corrected chi connectivity index (χ3v) is 3.74. The highest BCUT2D eigenvalue weighted by Crippen LogP contribution is 2.30. The number of nitrogens with two attached hydrogens (primary N) is 1. The van der Waals surface area contributed by atoms with E-state index in [4.69, 9.17) is 15.6 Å². The molecule has 0 bridgehead atoms. The van der Waals surface area contributed by atoms with E-state index in [0.29, 0.717) is 6.61 Å². The van der Waals surface area contributed by atoms with Gasteiger partial charge >= 0.3 is 5.97 Å². The molecule has 0 saturated heterocycles. The molecule has 4 N–H and O–H groups in total. The van der Waals surface area contributed by atoms with Gasteiger partial charge in [0.2, 0.25) is 0 Å². The lowest BCUT2D eigenvalue weighted by molar-refractivity contribution is -0.138. The molecular weight excluding hydrogens is 292 g/mol. The second-order valence-corrected chi connectivity index (χ2v) is 5.42. The van der Waals surface area contributed by atoms with Gasteiger partial charge in [-0.25, -0.2) is 0 Å². The summed E-state index contributed by atoms with van der Waals surface area (Å²) in [6.07, 6.45) is 2.05. The molecule has 1 aromatic heterocycles. The number of hydrogen-bond donors (Lipinski definition) is 3. The minimum Gasteiger partial charge on any atom is -0.488 e. The number of rotatable bonds is 6. The number of hydrogen-bond acceptors (Lipinski definition) is 3. The van der Waals surface area contributed by atoms with Crippen LogP contribution >= 0.6 is 0 Å². The van der Waals surface area contributed by atoms with Crippen LogP contribution in [0.4, 0.5) is 0 Å². The molecule has 1 atom stereocenters. The van der Waals surface area contributed by atoms with Gasteiger partial charge in [-0.05, 0) is 23.3 Å². The minimum atomic E-state index is -1.01. The predicted octanol–water partition coefficient (Wildman–Crippen LogP) is 2.70. The molecule has 3 rings (SSSR count). The van der Waals surface area contributed by atoms with Crippen molar-refractivity contribution in [2.24, 2.45) is 5.73 Å². The second kappa shape index (κ2) is 6.54. The van der Waals surface area contributed by atoms with E-state index in [1.807, 2.05) is 48.5 Å². The normalized spacial score (nSPS) is 12.2. The smallest absolute Gasteiger partial charge is 0.320 e. The van der Waals surface area contributed by atoms with Crippen molar-refractivity contribution < 1.29 is 14.6 Å². The van der Waals surface area contributed by atoms with Crippen LogP contribution in [-0.4, -0.2) is 22.1 Å². The van der Waals surface area contributed by atoms with E-state index in [2.05, 4.69) is 4.98 Å². The predicted molar refractivity (Wildman–Crippen MR) is 88.4 cm³/mol. The minimum absolute atomic E-state index is 0.251. The zero-order valence-electron chi connectivity index (χ0n) is 12.5. The number of carboxylic acid groups (broad SMARTS) is 1. The molecule has 0 aliphatic carbocycles. The summed E-state index contributed by atoms with van der Waals surface area (Å²) in [6.45, 7) is 0.454. The van der Waals surface area contributed by atoms with Gasteiger partial charge in [0.25, 0.3) is 0 Å². The molecule has 0 amide bonds. The number of benzene rings is 2. The zero-order valence-corrected chi connectivity index (χ0v) is 12.5. The maximum absolute atomic E-state index is 11.0. The topological polar surface area (TPSA) is 88.3 Å². The lowest BCUT2D eigenvalue weighted by Gasteiger charge is -2.10. The Morgan fingerprint density at radius 2 is 1.96 bits per heavy atom. The van der Waals surface area contributed by atoms with Crippen molar-refractivity contribution >= 4 is 16.9 Å². The molecule has 0 saturated carbocycles. The van der Waals surface area contributed by atoms with Crippen LogP contribution in [0.1, 0.15) is 11.1 Å². The van der Waals surface area contributed by atoms with Crippen LogP contribution in [0.25, 0.3) is 10.9 Å². The number of carboxylic acids is 1. The molecule has 0 aliphatic rings. The van der Waals surface area contributed by atoms with Crippen molar-refractivity contribution in [2.75, 3.05) is 0 Å². The molecule has 5 heteroatoms. The summed E-state index contributed by atoms with van der Waals surface area (Å²) in [7, 11) is 0. The summed E-state index contributed by atoms with van der Waals surface area (Å²) in [6, 6.07) is 14.7. The summed E-state index contributed by atoms with van der Waals surface area (Å²) in [5.41, 5.74) is 8.48. The van der Waals surface area contributed by atoms with Crippen molar-refractivity contribution in [3.05, 3.63) is 65.9 Å². The summed E-state index contributed by atoms with van der Waals surface area (Å²) in [5.74, 6) is -0.290. The van der Waals surface area contributed by atoms with Crippen LogP contribution in [0.3, 0.4) is 0 Å². The first-order valence-corrected chi connectivity index (χ1v) is 7.39.